The predicted octanol–water partition coefficient (Wildman–Crippen LogP) is 0.0502. The van der Waals surface area contributed by atoms with Crippen LogP contribution in [-0.2, 0) is 13.6 Å². The second-order valence-electron chi connectivity index (χ2n) is 4.26. The van der Waals surface area contributed by atoms with Gasteiger partial charge in [-0.05, 0) is 19.9 Å². The van der Waals surface area contributed by atoms with E-state index < -0.39 is 0 Å². The molecular formula is C12H15N5O2. The molecule has 2 N–H and O–H groups in total. The van der Waals surface area contributed by atoms with Crippen molar-refractivity contribution in [3.05, 3.63) is 45.1 Å². The van der Waals surface area contributed by atoms with Crippen LogP contribution in [0.2, 0.25) is 0 Å². The van der Waals surface area contributed by atoms with Crippen LogP contribution >= 0.6 is 0 Å². The maximum absolute atomic E-state index is 11.8. The van der Waals surface area contributed by atoms with Crippen molar-refractivity contribution in [3.8, 4) is 0 Å². The first kappa shape index (κ1) is 13.0. The molecule has 100 valence electrons. The van der Waals surface area contributed by atoms with E-state index in [0.29, 0.717) is 6.54 Å². The maximum atomic E-state index is 11.8. The van der Waals surface area contributed by atoms with Gasteiger partial charge in [0, 0.05) is 30.9 Å². The molecule has 0 aliphatic rings. The lowest BCUT2D eigenvalue weighted by Crippen LogP contribution is -2.25. The molecule has 2 aromatic heterocycles. The van der Waals surface area contributed by atoms with Crippen molar-refractivity contribution in [1.29, 1.82) is 0 Å². The summed E-state index contributed by atoms with van der Waals surface area (Å²) in [7, 11) is 1.86. The first-order valence-electron chi connectivity index (χ1n) is 5.82. The van der Waals surface area contributed by atoms with E-state index in [1.54, 1.807) is 4.68 Å². The molecule has 7 heteroatoms. The fraction of sp³-hybridized carbons (Fsp3) is 0.333. The summed E-state index contributed by atoms with van der Waals surface area (Å²) >= 11 is 0. The summed E-state index contributed by atoms with van der Waals surface area (Å²) in [5.41, 5.74) is 2.72. The van der Waals surface area contributed by atoms with Gasteiger partial charge in [0.05, 0.1) is 5.69 Å². The molecule has 0 fully saturated rings. The van der Waals surface area contributed by atoms with Gasteiger partial charge in [0.1, 0.15) is 5.69 Å². The van der Waals surface area contributed by atoms with Crippen molar-refractivity contribution in [3.63, 3.8) is 0 Å². The molecule has 0 spiro atoms. The number of aromatic nitrogens is 4. The molecule has 0 unspecified atom stereocenters. The number of rotatable bonds is 3. The summed E-state index contributed by atoms with van der Waals surface area (Å²) in [5.74, 6) is -0.334. The molecule has 0 aliphatic carbocycles. The van der Waals surface area contributed by atoms with Gasteiger partial charge in [-0.3, -0.25) is 14.3 Å². The monoisotopic (exact) mass is 261 g/mol. The third-order valence-electron chi connectivity index (χ3n) is 3.00. The highest BCUT2D eigenvalue weighted by atomic mass is 16.2. The van der Waals surface area contributed by atoms with Gasteiger partial charge in [-0.2, -0.15) is 10.2 Å². The Bertz CT molecular complexity index is 651. The largest absolute Gasteiger partial charge is 0.346 e. The summed E-state index contributed by atoms with van der Waals surface area (Å²) in [6.07, 6.45) is 0. The Hall–Kier alpha value is -2.44. The van der Waals surface area contributed by atoms with Crippen molar-refractivity contribution >= 4 is 5.91 Å². The zero-order chi connectivity index (χ0) is 14.0. The van der Waals surface area contributed by atoms with Gasteiger partial charge in [0.25, 0.3) is 11.5 Å². The second kappa shape index (κ2) is 5.05. The van der Waals surface area contributed by atoms with Crippen molar-refractivity contribution in [1.82, 2.24) is 25.3 Å². The Morgan fingerprint density at radius 3 is 2.68 bits per heavy atom. The molecule has 0 saturated heterocycles. The third kappa shape index (κ3) is 2.70. The van der Waals surface area contributed by atoms with Gasteiger partial charge in [-0.15, -0.1) is 0 Å². The van der Waals surface area contributed by atoms with Gasteiger partial charge >= 0.3 is 0 Å². The quantitative estimate of drug-likeness (QED) is 0.816. The van der Waals surface area contributed by atoms with E-state index in [-0.39, 0.29) is 17.2 Å². The Morgan fingerprint density at radius 2 is 2.16 bits per heavy atom. The number of hydrogen-bond acceptors (Lipinski definition) is 4. The summed E-state index contributed by atoms with van der Waals surface area (Å²) in [6, 6.07) is 2.65. The Balaban J connectivity index is 2.08. The Labute approximate surface area is 109 Å². The number of nitrogens with zero attached hydrogens (tertiary/aromatic N) is 3. The SMILES string of the molecule is Cc1nn(C)c(C)c1CNC(=O)c1ccc(=O)[nH]n1. The standard InChI is InChI=1S/C12H15N5O2/c1-7-9(8(2)17(3)16-7)6-13-12(19)10-4-5-11(18)15-14-10/h4-5H,6H2,1-3H3,(H,13,19)(H,15,18). The fourth-order valence-electron chi connectivity index (χ4n) is 1.80. The van der Waals surface area contributed by atoms with Crippen LogP contribution in [0.25, 0.3) is 0 Å². The van der Waals surface area contributed by atoms with Crippen LogP contribution in [0.1, 0.15) is 27.4 Å². The summed E-state index contributed by atoms with van der Waals surface area (Å²) < 4.78 is 1.77. The molecule has 0 aromatic carbocycles. The van der Waals surface area contributed by atoms with Crippen LogP contribution < -0.4 is 10.9 Å². The van der Waals surface area contributed by atoms with Crippen LogP contribution in [-0.4, -0.2) is 25.9 Å². The first-order chi connectivity index (χ1) is 8.99. The van der Waals surface area contributed by atoms with Gasteiger partial charge in [-0.25, -0.2) is 5.10 Å². The number of hydrogen-bond donors (Lipinski definition) is 2. The molecule has 2 aromatic rings. The van der Waals surface area contributed by atoms with E-state index in [4.69, 9.17) is 0 Å². The highest BCUT2D eigenvalue weighted by molar-refractivity contribution is 5.91. The molecule has 0 aliphatic heterocycles. The lowest BCUT2D eigenvalue weighted by molar-refractivity contribution is 0.0944. The summed E-state index contributed by atoms with van der Waals surface area (Å²) in [6.45, 7) is 4.22. The van der Waals surface area contributed by atoms with Gasteiger partial charge in [0.2, 0.25) is 0 Å². The molecule has 0 bridgehead atoms. The minimum absolute atomic E-state index is 0.179. The third-order valence-corrected chi connectivity index (χ3v) is 3.00. The molecule has 7 nitrogen and oxygen atoms in total. The van der Waals surface area contributed by atoms with Gasteiger partial charge in [-0.1, -0.05) is 0 Å². The molecular weight excluding hydrogens is 246 g/mol. The summed E-state index contributed by atoms with van der Waals surface area (Å²) in [5, 5.41) is 12.9. The van der Waals surface area contributed by atoms with Gasteiger partial charge < -0.3 is 5.32 Å². The van der Waals surface area contributed by atoms with E-state index in [1.165, 1.54) is 12.1 Å². The zero-order valence-electron chi connectivity index (χ0n) is 11.0. The molecule has 0 radical (unpaired) electrons. The Morgan fingerprint density at radius 1 is 1.42 bits per heavy atom. The van der Waals surface area contributed by atoms with Crippen LogP contribution in [0.4, 0.5) is 0 Å². The van der Waals surface area contributed by atoms with Crippen molar-refractivity contribution in [2.24, 2.45) is 7.05 Å². The van der Waals surface area contributed by atoms with Crippen molar-refractivity contribution < 1.29 is 4.79 Å². The molecule has 0 atom stereocenters. The zero-order valence-corrected chi connectivity index (χ0v) is 11.0. The van der Waals surface area contributed by atoms with Gasteiger partial charge in [0.15, 0.2) is 0 Å². The molecule has 2 rings (SSSR count). The molecule has 1 amide bonds. The average molecular weight is 261 g/mol. The van der Waals surface area contributed by atoms with E-state index >= 15 is 0 Å². The first-order valence-corrected chi connectivity index (χ1v) is 5.82. The lowest BCUT2D eigenvalue weighted by Gasteiger charge is -2.04. The van der Waals surface area contributed by atoms with Crippen LogP contribution in [0.3, 0.4) is 0 Å². The molecule has 19 heavy (non-hydrogen) atoms. The fourth-order valence-corrected chi connectivity index (χ4v) is 1.80. The maximum Gasteiger partial charge on any atom is 0.271 e. The van der Waals surface area contributed by atoms with Crippen molar-refractivity contribution in [2.75, 3.05) is 0 Å². The second-order valence-corrected chi connectivity index (χ2v) is 4.26. The van der Waals surface area contributed by atoms with Crippen LogP contribution in [0.5, 0.6) is 0 Å². The summed E-state index contributed by atoms with van der Waals surface area (Å²) in [4.78, 5) is 22.7. The number of carbonyl (C=O) groups is 1. The number of amides is 1. The van der Waals surface area contributed by atoms with Crippen LogP contribution in [0.15, 0.2) is 16.9 Å². The lowest BCUT2D eigenvalue weighted by atomic mass is 10.2. The number of aryl methyl sites for hydroxylation is 2. The molecule has 2 heterocycles. The smallest absolute Gasteiger partial charge is 0.271 e. The van der Waals surface area contributed by atoms with Crippen molar-refractivity contribution in [2.45, 2.75) is 20.4 Å². The number of aromatic amines is 1. The predicted molar refractivity (Wildman–Crippen MR) is 68.7 cm³/mol. The highest BCUT2D eigenvalue weighted by Crippen LogP contribution is 2.11. The minimum atomic E-state index is -0.338. The Kier molecular flexibility index (Phi) is 3.46. The average Bonchev–Trinajstić information content (AvgIpc) is 2.62. The minimum Gasteiger partial charge on any atom is -0.346 e. The van der Waals surface area contributed by atoms with E-state index in [2.05, 4.69) is 20.6 Å². The highest BCUT2D eigenvalue weighted by Gasteiger charge is 2.12. The normalized spacial score (nSPS) is 10.5. The number of carbonyl (C=O) groups excluding carboxylic acids is 1. The van der Waals surface area contributed by atoms with E-state index in [9.17, 15) is 9.59 Å². The topological polar surface area (TPSA) is 92.7 Å². The number of H-pyrrole nitrogens is 1. The molecule has 0 saturated carbocycles. The van der Waals surface area contributed by atoms with E-state index in [0.717, 1.165) is 17.0 Å². The number of nitrogens with one attached hydrogen (secondary N) is 2. The van der Waals surface area contributed by atoms with E-state index in [1.807, 2.05) is 20.9 Å². The van der Waals surface area contributed by atoms with Crippen LogP contribution in [0, 0.1) is 13.8 Å².